The molecule has 0 atom stereocenters. The van der Waals surface area contributed by atoms with E-state index in [0.717, 1.165) is 5.56 Å². The molecular formula is C11H14FNO. The Kier molecular flexibility index (Phi) is 3.65. The minimum absolute atomic E-state index is 0.265. The molecule has 0 spiro atoms. The summed E-state index contributed by atoms with van der Waals surface area (Å²) in [7, 11) is 1.45. The molecule has 1 aromatic rings. The van der Waals surface area contributed by atoms with Gasteiger partial charge in [0.15, 0.2) is 11.6 Å². The molecule has 0 fully saturated rings. The normalized spacial score (nSPS) is 10.9. The summed E-state index contributed by atoms with van der Waals surface area (Å²) in [5, 5.41) is 0. The van der Waals surface area contributed by atoms with Crippen molar-refractivity contribution in [1.82, 2.24) is 0 Å². The van der Waals surface area contributed by atoms with Gasteiger partial charge in [-0.1, -0.05) is 12.2 Å². The van der Waals surface area contributed by atoms with Crippen LogP contribution in [-0.4, -0.2) is 13.7 Å². The molecule has 0 aliphatic carbocycles. The monoisotopic (exact) mass is 195 g/mol. The second kappa shape index (κ2) is 4.77. The Morgan fingerprint density at radius 3 is 2.79 bits per heavy atom. The molecule has 0 saturated heterocycles. The summed E-state index contributed by atoms with van der Waals surface area (Å²) < 4.78 is 18.5. The fraction of sp³-hybridized carbons (Fsp3) is 0.273. The van der Waals surface area contributed by atoms with Gasteiger partial charge in [-0.2, -0.15) is 0 Å². The number of nitrogens with two attached hydrogens (primary N) is 1. The molecule has 1 aromatic carbocycles. The molecule has 14 heavy (non-hydrogen) atoms. The van der Waals surface area contributed by atoms with Crippen LogP contribution < -0.4 is 10.5 Å². The lowest BCUT2D eigenvalue weighted by Gasteiger charge is -2.06. The van der Waals surface area contributed by atoms with Crippen molar-refractivity contribution >= 4 is 6.08 Å². The largest absolute Gasteiger partial charge is 0.494 e. The standard InChI is InChI=1S/C11H14FNO/c1-8-6-9(4-3-5-13)11(12)10(7-8)14-2/h3-4,6-7H,5,13H2,1-2H3/b4-3+. The number of halogens is 1. The maximum atomic E-state index is 13.6. The lowest BCUT2D eigenvalue weighted by atomic mass is 10.1. The van der Waals surface area contributed by atoms with E-state index in [1.807, 2.05) is 6.92 Å². The van der Waals surface area contributed by atoms with Crippen molar-refractivity contribution in [2.24, 2.45) is 5.73 Å². The second-order valence-corrected chi connectivity index (χ2v) is 3.01. The number of hydrogen-bond donors (Lipinski definition) is 1. The molecule has 0 aromatic heterocycles. The highest BCUT2D eigenvalue weighted by atomic mass is 19.1. The zero-order valence-electron chi connectivity index (χ0n) is 8.38. The molecule has 0 unspecified atom stereocenters. The molecule has 0 bridgehead atoms. The maximum absolute atomic E-state index is 13.6. The molecule has 3 heteroatoms. The zero-order chi connectivity index (χ0) is 10.6. The first-order chi connectivity index (χ1) is 6.69. The topological polar surface area (TPSA) is 35.2 Å². The van der Waals surface area contributed by atoms with E-state index in [4.69, 9.17) is 10.5 Å². The molecule has 0 radical (unpaired) electrons. The van der Waals surface area contributed by atoms with Crippen molar-refractivity contribution in [2.75, 3.05) is 13.7 Å². The van der Waals surface area contributed by atoms with Crippen molar-refractivity contribution in [3.63, 3.8) is 0 Å². The van der Waals surface area contributed by atoms with Gasteiger partial charge >= 0.3 is 0 Å². The average molecular weight is 195 g/mol. The highest BCUT2D eigenvalue weighted by molar-refractivity contribution is 5.54. The Morgan fingerprint density at radius 1 is 1.50 bits per heavy atom. The van der Waals surface area contributed by atoms with Gasteiger partial charge in [-0.05, 0) is 24.6 Å². The molecule has 76 valence electrons. The van der Waals surface area contributed by atoms with Crippen molar-refractivity contribution in [3.8, 4) is 5.75 Å². The van der Waals surface area contributed by atoms with Crippen LogP contribution in [0.1, 0.15) is 11.1 Å². The maximum Gasteiger partial charge on any atom is 0.172 e. The molecule has 2 nitrogen and oxygen atoms in total. The molecule has 0 aliphatic heterocycles. The molecule has 0 saturated carbocycles. The highest BCUT2D eigenvalue weighted by Gasteiger charge is 2.07. The Labute approximate surface area is 83.2 Å². The Balaban J connectivity index is 3.15. The van der Waals surface area contributed by atoms with E-state index >= 15 is 0 Å². The van der Waals surface area contributed by atoms with Gasteiger partial charge in [0.05, 0.1) is 7.11 Å². The fourth-order valence-corrected chi connectivity index (χ4v) is 1.23. The zero-order valence-corrected chi connectivity index (χ0v) is 8.38. The average Bonchev–Trinajstić information content (AvgIpc) is 2.18. The van der Waals surface area contributed by atoms with Crippen molar-refractivity contribution in [3.05, 3.63) is 35.2 Å². The minimum atomic E-state index is -0.345. The first kappa shape index (κ1) is 10.7. The van der Waals surface area contributed by atoms with E-state index in [2.05, 4.69) is 0 Å². The molecule has 2 N–H and O–H groups in total. The van der Waals surface area contributed by atoms with Gasteiger partial charge in [-0.15, -0.1) is 0 Å². The molecule has 0 amide bonds. The van der Waals surface area contributed by atoms with Crippen molar-refractivity contribution in [2.45, 2.75) is 6.92 Å². The Hall–Kier alpha value is -1.35. The van der Waals surface area contributed by atoms with Crippen LogP contribution in [-0.2, 0) is 0 Å². The van der Waals surface area contributed by atoms with Gasteiger partial charge < -0.3 is 10.5 Å². The minimum Gasteiger partial charge on any atom is -0.494 e. The quantitative estimate of drug-likeness (QED) is 0.801. The van der Waals surface area contributed by atoms with E-state index in [1.54, 1.807) is 24.3 Å². The van der Waals surface area contributed by atoms with Gasteiger partial charge in [0, 0.05) is 12.1 Å². The number of methoxy groups -OCH3 is 1. The smallest absolute Gasteiger partial charge is 0.172 e. The molecule has 0 aliphatic rings. The predicted molar refractivity (Wildman–Crippen MR) is 55.8 cm³/mol. The van der Waals surface area contributed by atoms with Gasteiger partial charge in [0.25, 0.3) is 0 Å². The summed E-state index contributed by atoms with van der Waals surface area (Å²) >= 11 is 0. The van der Waals surface area contributed by atoms with Crippen LogP contribution in [0.25, 0.3) is 6.08 Å². The van der Waals surface area contributed by atoms with E-state index in [0.29, 0.717) is 12.1 Å². The van der Waals surface area contributed by atoms with Crippen molar-refractivity contribution in [1.29, 1.82) is 0 Å². The molecule has 0 heterocycles. The number of ether oxygens (including phenoxy) is 1. The fourth-order valence-electron chi connectivity index (χ4n) is 1.23. The Morgan fingerprint density at radius 2 is 2.21 bits per heavy atom. The first-order valence-corrected chi connectivity index (χ1v) is 4.39. The lowest BCUT2D eigenvalue weighted by Crippen LogP contribution is -1.95. The van der Waals surface area contributed by atoms with Crippen LogP contribution in [0.2, 0.25) is 0 Å². The van der Waals surface area contributed by atoms with Crippen LogP contribution >= 0.6 is 0 Å². The number of aryl methyl sites for hydroxylation is 1. The van der Waals surface area contributed by atoms with E-state index in [1.165, 1.54) is 7.11 Å². The number of rotatable bonds is 3. The highest BCUT2D eigenvalue weighted by Crippen LogP contribution is 2.23. The SMILES string of the molecule is COc1cc(C)cc(/C=C/CN)c1F. The summed E-state index contributed by atoms with van der Waals surface area (Å²) in [6.07, 6.45) is 3.36. The summed E-state index contributed by atoms with van der Waals surface area (Å²) in [6.45, 7) is 2.29. The van der Waals surface area contributed by atoms with Crippen LogP contribution in [0.15, 0.2) is 18.2 Å². The summed E-state index contributed by atoms with van der Waals surface area (Å²) in [4.78, 5) is 0. The molecular weight excluding hydrogens is 181 g/mol. The van der Waals surface area contributed by atoms with Crippen LogP contribution in [0, 0.1) is 12.7 Å². The lowest BCUT2D eigenvalue weighted by molar-refractivity contribution is 0.385. The van der Waals surface area contributed by atoms with E-state index in [9.17, 15) is 4.39 Å². The van der Waals surface area contributed by atoms with Crippen molar-refractivity contribution < 1.29 is 9.13 Å². The third-order valence-electron chi connectivity index (χ3n) is 1.87. The van der Waals surface area contributed by atoms with Crippen LogP contribution in [0.3, 0.4) is 0 Å². The first-order valence-electron chi connectivity index (χ1n) is 4.39. The predicted octanol–water partition coefficient (Wildman–Crippen LogP) is 2.11. The Bertz CT molecular complexity index is 347. The van der Waals surface area contributed by atoms with Gasteiger partial charge in [-0.25, -0.2) is 4.39 Å². The second-order valence-electron chi connectivity index (χ2n) is 3.01. The van der Waals surface area contributed by atoms with Gasteiger partial charge in [0.1, 0.15) is 0 Å². The summed E-state index contributed by atoms with van der Waals surface area (Å²) in [5.74, 6) is -0.0792. The molecule has 1 rings (SSSR count). The van der Waals surface area contributed by atoms with Crippen LogP contribution in [0.5, 0.6) is 5.75 Å². The number of benzene rings is 1. The third kappa shape index (κ3) is 2.33. The third-order valence-corrected chi connectivity index (χ3v) is 1.87. The van der Waals surface area contributed by atoms with E-state index in [-0.39, 0.29) is 11.6 Å². The van der Waals surface area contributed by atoms with E-state index < -0.39 is 0 Å². The summed E-state index contributed by atoms with van der Waals surface area (Å²) in [5.41, 5.74) is 6.76. The van der Waals surface area contributed by atoms with Gasteiger partial charge in [0.2, 0.25) is 0 Å². The number of hydrogen-bond acceptors (Lipinski definition) is 2. The van der Waals surface area contributed by atoms with Gasteiger partial charge in [-0.3, -0.25) is 0 Å². The summed E-state index contributed by atoms with van der Waals surface area (Å²) in [6, 6.07) is 3.42. The van der Waals surface area contributed by atoms with Crippen LogP contribution in [0.4, 0.5) is 4.39 Å².